The predicted octanol–water partition coefficient (Wildman–Crippen LogP) is 2.48. The van der Waals surface area contributed by atoms with Crippen molar-refractivity contribution < 1.29 is 9.32 Å². The van der Waals surface area contributed by atoms with Gasteiger partial charge in [-0.15, -0.1) is 16.4 Å². The highest BCUT2D eigenvalue weighted by Gasteiger charge is 2.28. The second kappa shape index (κ2) is 6.40. The molecule has 0 saturated carbocycles. The van der Waals surface area contributed by atoms with Crippen LogP contribution in [0.2, 0.25) is 0 Å². The van der Waals surface area contributed by atoms with Gasteiger partial charge in [0.15, 0.2) is 5.69 Å². The number of nitrogens with zero attached hydrogens (tertiary/aromatic N) is 6. The number of piperidine rings is 1. The van der Waals surface area contributed by atoms with E-state index in [-0.39, 0.29) is 11.9 Å². The minimum absolute atomic E-state index is 0.103. The molecule has 0 bridgehead atoms. The Hall–Kier alpha value is -2.55. The first-order valence-electron chi connectivity index (χ1n) is 8.17. The summed E-state index contributed by atoms with van der Waals surface area (Å²) >= 11 is 1.50. The highest BCUT2D eigenvalue weighted by molar-refractivity contribution is 7.12. The van der Waals surface area contributed by atoms with E-state index in [2.05, 4.69) is 20.5 Å². The number of hydrogen-bond donors (Lipinski definition) is 0. The normalized spacial score (nSPS) is 17.8. The standard InChI is InChI=1S/C16H18N6O2S/c1-10-5-7-25-14(10)16(23)21-6-3-4-12(8-21)22-9-13(18-20-22)15-17-11(2)24-19-15/h5,7,9,12H,3-4,6,8H2,1-2H3/t12-/m1/s1. The lowest BCUT2D eigenvalue weighted by molar-refractivity contribution is 0.0676. The minimum atomic E-state index is 0.103. The molecule has 0 radical (unpaired) electrons. The lowest BCUT2D eigenvalue weighted by Crippen LogP contribution is -2.40. The van der Waals surface area contributed by atoms with E-state index < -0.39 is 0 Å². The van der Waals surface area contributed by atoms with E-state index >= 15 is 0 Å². The maximum atomic E-state index is 12.7. The van der Waals surface area contributed by atoms with E-state index in [9.17, 15) is 4.79 Å². The Morgan fingerprint density at radius 1 is 1.40 bits per heavy atom. The van der Waals surface area contributed by atoms with Gasteiger partial charge in [0.1, 0.15) is 0 Å². The molecule has 9 heteroatoms. The Labute approximate surface area is 148 Å². The summed E-state index contributed by atoms with van der Waals surface area (Å²) in [5.74, 6) is 1.03. The van der Waals surface area contributed by atoms with Gasteiger partial charge in [-0.2, -0.15) is 4.98 Å². The number of aryl methyl sites for hydroxylation is 2. The third-order valence-electron chi connectivity index (χ3n) is 4.38. The number of amides is 1. The van der Waals surface area contributed by atoms with Gasteiger partial charge in [-0.1, -0.05) is 10.4 Å². The van der Waals surface area contributed by atoms with E-state index in [1.165, 1.54) is 11.3 Å². The topological polar surface area (TPSA) is 89.9 Å². The van der Waals surface area contributed by atoms with Crippen LogP contribution in [-0.4, -0.2) is 49.0 Å². The van der Waals surface area contributed by atoms with Gasteiger partial charge in [0, 0.05) is 20.0 Å². The Bertz CT molecular complexity index is 898. The fourth-order valence-electron chi connectivity index (χ4n) is 3.05. The molecule has 0 unspecified atom stereocenters. The zero-order valence-corrected chi connectivity index (χ0v) is 14.9. The third kappa shape index (κ3) is 3.07. The number of carbonyl (C=O) groups is 1. The predicted molar refractivity (Wildman–Crippen MR) is 91.3 cm³/mol. The molecular formula is C16H18N6O2S. The van der Waals surface area contributed by atoms with E-state index in [1.807, 2.05) is 34.1 Å². The van der Waals surface area contributed by atoms with Crippen molar-refractivity contribution in [3.8, 4) is 11.5 Å². The summed E-state index contributed by atoms with van der Waals surface area (Å²) in [5.41, 5.74) is 1.61. The van der Waals surface area contributed by atoms with Crippen LogP contribution in [0, 0.1) is 13.8 Å². The number of carbonyl (C=O) groups excluding carboxylic acids is 1. The minimum Gasteiger partial charge on any atom is -0.339 e. The SMILES string of the molecule is Cc1nc(-c2cn([C@@H]3CCCN(C(=O)c4sccc4C)C3)nn2)no1. The average molecular weight is 358 g/mol. The first-order chi connectivity index (χ1) is 12.1. The van der Waals surface area contributed by atoms with E-state index in [0.717, 1.165) is 29.8 Å². The van der Waals surface area contributed by atoms with Gasteiger partial charge >= 0.3 is 0 Å². The highest BCUT2D eigenvalue weighted by Crippen LogP contribution is 2.26. The molecule has 3 aromatic rings. The largest absolute Gasteiger partial charge is 0.339 e. The molecule has 0 N–H and O–H groups in total. The maximum Gasteiger partial charge on any atom is 0.264 e. The molecule has 130 valence electrons. The molecule has 1 aliphatic rings. The van der Waals surface area contributed by atoms with Crippen LogP contribution in [0.25, 0.3) is 11.5 Å². The third-order valence-corrected chi connectivity index (χ3v) is 5.39. The van der Waals surface area contributed by atoms with Gasteiger partial charge in [-0.3, -0.25) is 4.79 Å². The molecular weight excluding hydrogens is 340 g/mol. The Kier molecular flexibility index (Phi) is 4.08. The van der Waals surface area contributed by atoms with Crippen LogP contribution in [0.4, 0.5) is 0 Å². The Morgan fingerprint density at radius 2 is 2.28 bits per heavy atom. The molecule has 8 nitrogen and oxygen atoms in total. The fraction of sp³-hybridized carbons (Fsp3) is 0.438. The Morgan fingerprint density at radius 3 is 3.00 bits per heavy atom. The van der Waals surface area contributed by atoms with Crippen molar-refractivity contribution in [2.24, 2.45) is 0 Å². The zero-order valence-electron chi connectivity index (χ0n) is 14.0. The second-order valence-electron chi connectivity index (χ2n) is 6.20. The Balaban J connectivity index is 1.51. The summed E-state index contributed by atoms with van der Waals surface area (Å²) in [6.45, 7) is 5.11. The van der Waals surface area contributed by atoms with Crippen LogP contribution in [0.15, 0.2) is 22.2 Å². The van der Waals surface area contributed by atoms with Gasteiger partial charge in [-0.25, -0.2) is 4.68 Å². The summed E-state index contributed by atoms with van der Waals surface area (Å²) in [5, 5.41) is 14.2. The molecule has 0 aliphatic carbocycles. The van der Waals surface area contributed by atoms with Gasteiger partial charge in [0.05, 0.1) is 17.1 Å². The van der Waals surface area contributed by atoms with Gasteiger partial charge in [-0.05, 0) is 36.8 Å². The smallest absolute Gasteiger partial charge is 0.264 e. The molecule has 0 spiro atoms. The van der Waals surface area contributed by atoms with Crippen molar-refractivity contribution in [3.05, 3.63) is 34.0 Å². The maximum absolute atomic E-state index is 12.7. The summed E-state index contributed by atoms with van der Waals surface area (Å²) in [7, 11) is 0. The van der Waals surface area contributed by atoms with Crippen LogP contribution in [0.3, 0.4) is 0 Å². The number of thiophene rings is 1. The lowest BCUT2D eigenvalue weighted by atomic mass is 10.1. The monoisotopic (exact) mass is 358 g/mol. The number of likely N-dealkylation sites (tertiary alicyclic amines) is 1. The molecule has 1 atom stereocenters. The average Bonchev–Trinajstić information content (AvgIpc) is 3.35. The lowest BCUT2D eigenvalue weighted by Gasteiger charge is -2.32. The van der Waals surface area contributed by atoms with Gasteiger partial charge in [0.25, 0.3) is 5.91 Å². The molecule has 25 heavy (non-hydrogen) atoms. The molecule has 1 amide bonds. The van der Waals surface area contributed by atoms with E-state index in [4.69, 9.17) is 4.52 Å². The highest BCUT2D eigenvalue weighted by atomic mass is 32.1. The molecule has 4 heterocycles. The van der Waals surface area contributed by atoms with Crippen molar-refractivity contribution in [1.29, 1.82) is 0 Å². The molecule has 3 aromatic heterocycles. The zero-order chi connectivity index (χ0) is 17.4. The van der Waals surface area contributed by atoms with Crippen molar-refractivity contribution in [3.63, 3.8) is 0 Å². The quantitative estimate of drug-likeness (QED) is 0.714. The molecule has 1 fully saturated rings. The number of rotatable bonds is 3. The summed E-state index contributed by atoms with van der Waals surface area (Å²) < 4.78 is 6.79. The van der Waals surface area contributed by atoms with Crippen LogP contribution in [-0.2, 0) is 0 Å². The van der Waals surface area contributed by atoms with E-state index in [1.54, 1.807) is 6.92 Å². The summed E-state index contributed by atoms with van der Waals surface area (Å²) in [4.78, 5) is 19.6. The summed E-state index contributed by atoms with van der Waals surface area (Å²) in [6.07, 6.45) is 3.72. The van der Waals surface area contributed by atoms with Crippen LogP contribution in [0.5, 0.6) is 0 Å². The molecule has 4 rings (SSSR count). The van der Waals surface area contributed by atoms with Crippen LogP contribution < -0.4 is 0 Å². The number of aromatic nitrogens is 5. The van der Waals surface area contributed by atoms with E-state index in [0.29, 0.717) is 24.0 Å². The van der Waals surface area contributed by atoms with Crippen LogP contribution in [0.1, 0.15) is 40.0 Å². The first kappa shape index (κ1) is 15.9. The fourth-order valence-corrected chi connectivity index (χ4v) is 3.94. The van der Waals surface area contributed by atoms with Crippen LogP contribution >= 0.6 is 11.3 Å². The first-order valence-corrected chi connectivity index (χ1v) is 9.05. The number of hydrogen-bond acceptors (Lipinski definition) is 7. The molecule has 0 aromatic carbocycles. The van der Waals surface area contributed by atoms with Crippen molar-refractivity contribution in [2.45, 2.75) is 32.7 Å². The molecule has 1 aliphatic heterocycles. The van der Waals surface area contributed by atoms with Gasteiger partial charge in [0.2, 0.25) is 11.7 Å². The van der Waals surface area contributed by atoms with Crippen molar-refractivity contribution in [1.82, 2.24) is 30.0 Å². The van der Waals surface area contributed by atoms with Crippen molar-refractivity contribution in [2.75, 3.05) is 13.1 Å². The molecule has 1 saturated heterocycles. The second-order valence-corrected chi connectivity index (χ2v) is 7.12. The van der Waals surface area contributed by atoms with Crippen molar-refractivity contribution >= 4 is 17.2 Å². The summed E-state index contributed by atoms with van der Waals surface area (Å²) in [6, 6.07) is 2.09. The van der Waals surface area contributed by atoms with Gasteiger partial charge < -0.3 is 9.42 Å².